The van der Waals surface area contributed by atoms with E-state index < -0.39 is 0 Å². The van der Waals surface area contributed by atoms with Crippen molar-refractivity contribution in [3.63, 3.8) is 0 Å². The number of hydrazine groups is 1. The molecule has 3 N–H and O–H groups in total. The first kappa shape index (κ1) is 9.06. The lowest BCUT2D eigenvalue weighted by atomic mass is 10.2. The van der Waals surface area contributed by atoms with Crippen LogP contribution in [0.3, 0.4) is 0 Å². The van der Waals surface area contributed by atoms with Crippen molar-refractivity contribution in [3.8, 4) is 0 Å². The van der Waals surface area contributed by atoms with E-state index >= 15 is 0 Å². The number of rotatable bonds is 3. The Bertz CT molecular complexity index is 191. The fourth-order valence-corrected chi connectivity index (χ4v) is 1.27. The molecule has 1 rings (SSSR count). The molecule has 1 aliphatic rings. The summed E-state index contributed by atoms with van der Waals surface area (Å²) in [6, 6.07) is -0.221. The first-order valence-corrected chi connectivity index (χ1v) is 4.23. The zero-order valence-electron chi connectivity index (χ0n) is 7.29. The number of nitrogens with one attached hydrogen (secondary N) is 1. The Kier molecular flexibility index (Phi) is 3.10. The molecule has 1 amide bonds. The lowest BCUT2D eigenvalue weighted by molar-refractivity contribution is -0.123. The second kappa shape index (κ2) is 4.11. The van der Waals surface area contributed by atoms with Crippen LogP contribution >= 0.6 is 0 Å². The van der Waals surface area contributed by atoms with Gasteiger partial charge in [-0.15, -0.1) is 0 Å². The summed E-state index contributed by atoms with van der Waals surface area (Å²) in [4.78, 5) is 10.9. The first-order chi connectivity index (χ1) is 5.75. The Balaban J connectivity index is 2.58. The number of primary amides is 1. The molecule has 0 bridgehead atoms. The third-order valence-electron chi connectivity index (χ3n) is 1.92. The topological polar surface area (TPSA) is 58.4 Å². The van der Waals surface area contributed by atoms with Crippen LogP contribution in [-0.2, 0) is 4.79 Å². The molecule has 68 valence electrons. The number of hydrogen-bond donors (Lipinski definition) is 2. The molecular formula is C8H15N3O. The SMILES string of the molecule is CCC(C(N)=O)N1C=CCCN1. The lowest BCUT2D eigenvalue weighted by Crippen LogP contribution is -2.49. The van der Waals surface area contributed by atoms with E-state index in [0.29, 0.717) is 0 Å². The van der Waals surface area contributed by atoms with Crippen LogP contribution in [0.15, 0.2) is 12.3 Å². The third kappa shape index (κ3) is 1.98. The Morgan fingerprint density at radius 1 is 1.83 bits per heavy atom. The molecule has 0 spiro atoms. The van der Waals surface area contributed by atoms with Gasteiger partial charge in [-0.2, -0.15) is 0 Å². The molecule has 0 aromatic heterocycles. The highest BCUT2D eigenvalue weighted by molar-refractivity contribution is 5.79. The van der Waals surface area contributed by atoms with Gasteiger partial charge in [-0.3, -0.25) is 4.79 Å². The highest BCUT2D eigenvalue weighted by Crippen LogP contribution is 2.05. The fourth-order valence-electron chi connectivity index (χ4n) is 1.27. The van der Waals surface area contributed by atoms with Crippen molar-refractivity contribution in [2.45, 2.75) is 25.8 Å². The van der Waals surface area contributed by atoms with Crippen LogP contribution < -0.4 is 11.2 Å². The number of carbonyl (C=O) groups excluding carboxylic acids is 1. The second-order valence-electron chi connectivity index (χ2n) is 2.82. The van der Waals surface area contributed by atoms with Crippen molar-refractivity contribution in [3.05, 3.63) is 12.3 Å². The molecule has 4 heteroatoms. The van der Waals surface area contributed by atoms with Gasteiger partial charge in [-0.25, -0.2) is 5.43 Å². The maximum absolute atomic E-state index is 10.9. The fraction of sp³-hybridized carbons (Fsp3) is 0.625. The number of carbonyl (C=O) groups is 1. The summed E-state index contributed by atoms with van der Waals surface area (Å²) < 4.78 is 0. The van der Waals surface area contributed by atoms with E-state index in [1.54, 1.807) is 5.01 Å². The van der Waals surface area contributed by atoms with Crippen LogP contribution in [0, 0.1) is 0 Å². The van der Waals surface area contributed by atoms with Gasteiger partial charge in [-0.05, 0) is 12.8 Å². The monoisotopic (exact) mass is 169 g/mol. The molecule has 1 aliphatic heterocycles. The summed E-state index contributed by atoms with van der Waals surface area (Å²) in [7, 11) is 0. The number of hydrogen-bond acceptors (Lipinski definition) is 3. The highest BCUT2D eigenvalue weighted by atomic mass is 16.1. The molecule has 1 atom stereocenters. The predicted octanol–water partition coefficient (Wildman–Crippen LogP) is -0.0257. The molecule has 0 saturated heterocycles. The largest absolute Gasteiger partial charge is 0.368 e. The van der Waals surface area contributed by atoms with Gasteiger partial charge < -0.3 is 10.7 Å². The van der Waals surface area contributed by atoms with E-state index in [0.717, 1.165) is 19.4 Å². The van der Waals surface area contributed by atoms with Crippen molar-refractivity contribution in [1.29, 1.82) is 0 Å². The molecule has 0 radical (unpaired) electrons. The van der Waals surface area contributed by atoms with Crippen LogP contribution in [0.1, 0.15) is 19.8 Å². The molecule has 12 heavy (non-hydrogen) atoms. The first-order valence-electron chi connectivity index (χ1n) is 4.23. The van der Waals surface area contributed by atoms with Crippen molar-refractivity contribution in [2.75, 3.05) is 6.54 Å². The minimum absolute atomic E-state index is 0.221. The van der Waals surface area contributed by atoms with Crippen LogP contribution in [0.5, 0.6) is 0 Å². The van der Waals surface area contributed by atoms with Crippen molar-refractivity contribution in [2.24, 2.45) is 5.73 Å². The summed E-state index contributed by atoms with van der Waals surface area (Å²) in [5.74, 6) is -0.281. The molecule has 0 saturated carbocycles. The Hall–Kier alpha value is -1.03. The molecule has 0 aromatic carbocycles. The number of nitrogens with two attached hydrogens (primary N) is 1. The highest BCUT2D eigenvalue weighted by Gasteiger charge is 2.19. The van der Waals surface area contributed by atoms with Gasteiger partial charge in [0.2, 0.25) is 5.91 Å². The van der Waals surface area contributed by atoms with Crippen molar-refractivity contribution >= 4 is 5.91 Å². The normalized spacial score (nSPS) is 19.2. The van der Waals surface area contributed by atoms with Gasteiger partial charge in [-0.1, -0.05) is 13.0 Å². The zero-order chi connectivity index (χ0) is 8.97. The van der Waals surface area contributed by atoms with Gasteiger partial charge in [0.05, 0.1) is 0 Å². The minimum atomic E-state index is -0.281. The van der Waals surface area contributed by atoms with Crippen molar-refractivity contribution < 1.29 is 4.79 Å². The summed E-state index contributed by atoms with van der Waals surface area (Å²) >= 11 is 0. The smallest absolute Gasteiger partial charge is 0.241 e. The van der Waals surface area contributed by atoms with E-state index in [9.17, 15) is 4.79 Å². The van der Waals surface area contributed by atoms with Crippen LogP contribution in [-0.4, -0.2) is 23.5 Å². The van der Waals surface area contributed by atoms with Gasteiger partial charge >= 0.3 is 0 Å². The summed E-state index contributed by atoms with van der Waals surface area (Å²) in [5.41, 5.74) is 8.32. The second-order valence-corrected chi connectivity index (χ2v) is 2.82. The third-order valence-corrected chi connectivity index (χ3v) is 1.92. The van der Waals surface area contributed by atoms with E-state index in [1.807, 2.05) is 19.2 Å². The average Bonchev–Trinajstić information content (AvgIpc) is 2.07. The van der Waals surface area contributed by atoms with E-state index in [2.05, 4.69) is 5.43 Å². The molecule has 4 nitrogen and oxygen atoms in total. The van der Waals surface area contributed by atoms with Crippen LogP contribution in [0.4, 0.5) is 0 Å². The van der Waals surface area contributed by atoms with Crippen molar-refractivity contribution in [1.82, 2.24) is 10.4 Å². The maximum atomic E-state index is 10.9. The Morgan fingerprint density at radius 3 is 3.00 bits per heavy atom. The zero-order valence-corrected chi connectivity index (χ0v) is 7.29. The van der Waals surface area contributed by atoms with Crippen LogP contribution in [0.25, 0.3) is 0 Å². The summed E-state index contributed by atoms with van der Waals surface area (Å²) in [5, 5.41) is 1.78. The van der Waals surface area contributed by atoms with Gasteiger partial charge in [0.15, 0.2) is 0 Å². The molecule has 0 aliphatic carbocycles. The molecule has 1 heterocycles. The quantitative estimate of drug-likeness (QED) is 0.624. The number of nitrogens with zero attached hydrogens (tertiary/aromatic N) is 1. The minimum Gasteiger partial charge on any atom is -0.368 e. The number of amides is 1. The van der Waals surface area contributed by atoms with Gasteiger partial charge in [0.25, 0.3) is 0 Å². The van der Waals surface area contributed by atoms with E-state index in [1.165, 1.54) is 0 Å². The Morgan fingerprint density at radius 2 is 2.58 bits per heavy atom. The molecule has 0 fully saturated rings. The lowest BCUT2D eigenvalue weighted by Gasteiger charge is -2.30. The molecule has 1 unspecified atom stereocenters. The summed E-state index contributed by atoms with van der Waals surface area (Å²) in [6.45, 7) is 2.82. The predicted molar refractivity (Wildman–Crippen MR) is 46.9 cm³/mol. The average molecular weight is 169 g/mol. The van der Waals surface area contributed by atoms with Gasteiger partial charge in [0.1, 0.15) is 6.04 Å². The standard InChI is InChI=1S/C8H15N3O/c1-2-7(8(9)12)11-6-4-3-5-10-11/h4,6-7,10H,2-3,5H2,1H3,(H2,9,12). The Labute approximate surface area is 72.4 Å². The van der Waals surface area contributed by atoms with E-state index in [-0.39, 0.29) is 11.9 Å². The maximum Gasteiger partial charge on any atom is 0.241 e. The van der Waals surface area contributed by atoms with Crippen LogP contribution in [0.2, 0.25) is 0 Å². The van der Waals surface area contributed by atoms with E-state index in [4.69, 9.17) is 5.73 Å². The summed E-state index contributed by atoms with van der Waals surface area (Å²) in [6.07, 6.45) is 5.64. The molecular weight excluding hydrogens is 154 g/mol. The molecule has 0 aromatic rings. The van der Waals surface area contributed by atoms with Gasteiger partial charge in [0, 0.05) is 12.7 Å².